The Morgan fingerprint density at radius 3 is 2.39 bits per heavy atom. The Balaban J connectivity index is 1.94. The van der Waals surface area contributed by atoms with Crippen LogP contribution in [0, 0.1) is 11.3 Å². The van der Waals surface area contributed by atoms with E-state index in [1.807, 2.05) is 66.5 Å². The zero-order chi connectivity index (χ0) is 20.5. The molecule has 1 saturated heterocycles. The van der Waals surface area contributed by atoms with Crippen LogP contribution in [0.15, 0.2) is 59.1 Å². The molecule has 3 rings (SSSR count). The predicted octanol–water partition coefficient (Wildman–Crippen LogP) is 4.59. The van der Waals surface area contributed by atoms with Crippen LogP contribution in [-0.4, -0.2) is 41.4 Å². The van der Waals surface area contributed by atoms with Crippen molar-refractivity contribution in [3.63, 3.8) is 0 Å². The third kappa shape index (κ3) is 4.30. The normalized spacial score (nSPS) is 20.4. The molecule has 1 fully saturated rings. The molecular weight excluding hydrogens is 416 g/mol. The van der Waals surface area contributed by atoms with E-state index < -0.39 is 0 Å². The maximum Gasteiger partial charge on any atom is 0.255 e. The summed E-state index contributed by atoms with van der Waals surface area (Å²) in [5.41, 5.74) is 1.48. The Morgan fingerprint density at radius 2 is 1.79 bits per heavy atom. The van der Waals surface area contributed by atoms with Crippen LogP contribution in [0.5, 0.6) is 0 Å². The molecule has 0 radical (unpaired) electrons. The number of amides is 2. The van der Waals surface area contributed by atoms with Gasteiger partial charge in [0.25, 0.3) is 5.91 Å². The number of nitrogens with zero attached hydrogens (tertiary/aromatic N) is 2. The van der Waals surface area contributed by atoms with Crippen LogP contribution in [0.25, 0.3) is 0 Å². The number of carbonyl (C=O) groups excluding carboxylic acids is 2. The first-order valence-electron chi connectivity index (χ1n) is 9.55. The van der Waals surface area contributed by atoms with Gasteiger partial charge in [-0.25, -0.2) is 0 Å². The summed E-state index contributed by atoms with van der Waals surface area (Å²) in [5, 5.41) is 0. The molecule has 1 heterocycles. The fourth-order valence-electron chi connectivity index (χ4n) is 4.12. The van der Waals surface area contributed by atoms with Crippen molar-refractivity contribution in [1.29, 1.82) is 0 Å². The molecular formula is C23H27BrN2O2. The van der Waals surface area contributed by atoms with Crippen LogP contribution in [0.1, 0.15) is 36.7 Å². The van der Waals surface area contributed by atoms with E-state index in [-0.39, 0.29) is 29.3 Å². The topological polar surface area (TPSA) is 40.6 Å². The molecule has 0 bridgehead atoms. The second-order valence-corrected chi connectivity index (χ2v) is 9.46. The van der Waals surface area contributed by atoms with Crippen LogP contribution in [0.3, 0.4) is 0 Å². The Hall–Kier alpha value is -2.14. The molecule has 0 aromatic heterocycles. The zero-order valence-electron chi connectivity index (χ0n) is 16.9. The summed E-state index contributed by atoms with van der Waals surface area (Å²) in [6.45, 7) is 6.63. The number of benzene rings is 2. The summed E-state index contributed by atoms with van der Waals surface area (Å²) in [6.07, 6.45) is 0.323. The Kier molecular flexibility index (Phi) is 5.94. The van der Waals surface area contributed by atoms with Crippen LogP contribution >= 0.6 is 15.9 Å². The van der Waals surface area contributed by atoms with E-state index in [1.165, 1.54) is 0 Å². The molecule has 148 valence electrons. The molecule has 0 N–H and O–H groups in total. The maximum atomic E-state index is 13.3. The van der Waals surface area contributed by atoms with E-state index >= 15 is 0 Å². The maximum absolute atomic E-state index is 13.3. The molecule has 2 aromatic carbocycles. The van der Waals surface area contributed by atoms with E-state index in [1.54, 1.807) is 4.90 Å². The molecule has 1 aliphatic rings. The second-order valence-electron chi connectivity index (χ2n) is 8.54. The molecule has 0 spiro atoms. The lowest BCUT2D eigenvalue weighted by Crippen LogP contribution is -2.64. The van der Waals surface area contributed by atoms with Crippen LogP contribution in [0.4, 0.5) is 0 Å². The van der Waals surface area contributed by atoms with Crippen molar-refractivity contribution in [2.75, 3.05) is 13.6 Å². The fourth-order valence-corrected chi connectivity index (χ4v) is 4.57. The monoisotopic (exact) mass is 442 g/mol. The van der Waals surface area contributed by atoms with Gasteiger partial charge >= 0.3 is 0 Å². The smallest absolute Gasteiger partial charge is 0.255 e. The van der Waals surface area contributed by atoms with Crippen molar-refractivity contribution in [3.05, 3.63) is 70.2 Å². The van der Waals surface area contributed by atoms with Crippen LogP contribution in [-0.2, 0) is 11.2 Å². The van der Waals surface area contributed by atoms with Crippen molar-refractivity contribution in [1.82, 2.24) is 9.80 Å². The van der Waals surface area contributed by atoms with Gasteiger partial charge in [0.05, 0.1) is 5.92 Å². The third-order valence-corrected chi connectivity index (χ3v) is 5.70. The lowest BCUT2D eigenvalue weighted by atomic mass is 9.85. The highest BCUT2D eigenvalue weighted by Crippen LogP contribution is 2.34. The quantitative estimate of drug-likeness (QED) is 0.696. The van der Waals surface area contributed by atoms with Gasteiger partial charge in [-0.3, -0.25) is 9.59 Å². The minimum Gasteiger partial charge on any atom is -0.324 e. The average Bonchev–Trinajstić information content (AvgIpc) is 2.64. The largest absolute Gasteiger partial charge is 0.324 e. The van der Waals surface area contributed by atoms with E-state index in [2.05, 4.69) is 36.7 Å². The first kappa shape index (κ1) is 20.6. The van der Waals surface area contributed by atoms with Crippen LogP contribution in [0.2, 0.25) is 0 Å². The van der Waals surface area contributed by atoms with Gasteiger partial charge in [-0.2, -0.15) is 0 Å². The Bertz CT molecular complexity index is 860. The SMILES string of the molecule is CN1C(=O)[C@@H](Cc2cccc(Br)c2)CN(C(=O)c2ccccc2)[C@H]1C(C)(C)C. The van der Waals surface area contributed by atoms with Gasteiger partial charge in [-0.1, -0.05) is 67.0 Å². The van der Waals surface area contributed by atoms with E-state index in [9.17, 15) is 9.59 Å². The number of carbonyl (C=O) groups is 2. The second kappa shape index (κ2) is 8.08. The standard InChI is InChI=1S/C23H27BrN2O2/c1-23(2,3)22-25(4)20(27)18(13-16-9-8-12-19(24)14-16)15-26(22)21(28)17-10-6-5-7-11-17/h5-12,14,18,22H,13,15H2,1-4H3/t18-,22-/m0/s1. The summed E-state index contributed by atoms with van der Waals surface area (Å²) in [7, 11) is 1.82. The van der Waals surface area contributed by atoms with Gasteiger partial charge in [-0.15, -0.1) is 0 Å². The van der Waals surface area contributed by atoms with E-state index in [4.69, 9.17) is 0 Å². The third-order valence-electron chi connectivity index (χ3n) is 5.20. The van der Waals surface area contributed by atoms with E-state index in [0.29, 0.717) is 18.5 Å². The summed E-state index contributed by atoms with van der Waals surface area (Å²) in [5.74, 6) is -0.193. The molecule has 2 atom stereocenters. The zero-order valence-corrected chi connectivity index (χ0v) is 18.4. The predicted molar refractivity (Wildman–Crippen MR) is 115 cm³/mol. The van der Waals surface area contributed by atoms with Crippen molar-refractivity contribution in [2.45, 2.75) is 33.4 Å². The van der Waals surface area contributed by atoms with Gasteiger partial charge < -0.3 is 9.80 Å². The molecule has 2 aromatic rings. The van der Waals surface area contributed by atoms with Gasteiger partial charge in [0.1, 0.15) is 6.17 Å². The molecule has 5 heteroatoms. The highest BCUT2D eigenvalue weighted by atomic mass is 79.9. The number of rotatable bonds is 3. The lowest BCUT2D eigenvalue weighted by molar-refractivity contribution is -0.152. The van der Waals surface area contributed by atoms with Gasteiger partial charge in [0, 0.05) is 29.0 Å². The molecule has 28 heavy (non-hydrogen) atoms. The summed E-state index contributed by atoms with van der Waals surface area (Å²) in [4.78, 5) is 30.1. The van der Waals surface area contributed by atoms with Crippen LogP contribution < -0.4 is 0 Å². The molecule has 1 aliphatic heterocycles. The summed E-state index contributed by atoms with van der Waals surface area (Å²) < 4.78 is 0.992. The fraction of sp³-hybridized carbons (Fsp3) is 0.391. The average molecular weight is 443 g/mol. The first-order valence-corrected chi connectivity index (χ1v) is 10.3. The number of halogens is 1. The van der Waals surface area contributed by atoms with Gasteiger partial charge in [0.2, 0.25) is 5.91 Å². The lowest BCUT2D eigenvalue weighted by Gasteiger charge is -2.50. The van der Waals surface area contributed by atoms with Crippen molar-refractivity contribution in [3.8, 4) is 0 Å². The molecule has 2 amide bonds. The first-order chi connectivity index (χ1) is 13.2. The summed E-state index contributed by atoms with van der Waals surface area (Å²) >= 11 is 3.50. The van der Waals surface area contributed by atoms with Gasteiger partial charge in [0.15, 0.2) is 0 Å². The minimum atomic E-state index is -0.286. The van der Waals surface area contributed by atoms with Crippen molar-refractivity contribution >= 4 is 27.7 Å². The van der Waals surface area contributed by atoms with Gasteiger partial charge in [-0.05, 0) is 36.2 Å². The van der Waals surface area contributed by atoms with Crippen molar-refractivity contribution < 1.29 is 9.59 Å². The number of hydrogen-bond donors (Lipinski definition) is 0. The Morgan fingerprint density at radius 1 is 1.11 bits per heavy atom. The Labute approximate surface area is 175 Å². The highest BCUT2D eigenvalue weighted by molar-refractivity contribution is 9.10. The van der Waals surface area contributed by atoms with E-state index in [0.717, 1.165) is 10.0 Å². The molecule has 4 nitrogen and oxygen atoms in total. The van der Waals surface area contributed by atoms with Crippen molar-refractivity contribution in [2.24, 2.45) is 11.3 Å². The molecule has 0 saturated carbocycles. The molecule has 0 aliphatic carbocycles. The summed E-state index contributed by atoms with van der Waals surface area (Å²) in [6, 6.07) is 17.3. The number of hydrogen-bond acceptors (Lipinski definition) is 2. The molecule has 0 unspecified atom stereocenters. The minimum absolute atomic E-state index is 0.0286. The highest BCUT2D eigenvalue weighted by Gasteiger charge is 2.45.